The van der Waals surface area contributed by atoms with Gasteiger partial charge in [-0.15, -0.1) is 0 Å². The monoisotopic (exact) mass is 380 g/mol. The second-order valence-electron chi connectivity index (χ2n) is 6.77. The number of carbonyl (C=O) groups is 1. The van der Waals surface area contributed by atoms with Crippen molar-refractivity contribution in [2.45, 2.75) is 25.7 Å². The number of halogens is 1. The molecule has 6 heteroatoms. The number of nitrogens with zero attached hydrogens (tertiary/aromatic N) is 3. The molecule has 0 spiro atoms. The molecule has 0 radical (unpaired) electrons. The summed E-state index contributed by atoms with van der Waals surface area (Å²) in [6.45, 7) is 3.57. The van der Waals surface area contributed by atoms with E-state index in [4.69, 9.17) is 11.6 Å². The molecule has 1 fully saturated rings. The van der Waals surface area contributed by atoms with Crippen LogP contribution in [-0.2, 0) is 4.79 Å². The maximum atomic E-state index is 12.4. The van der Waals surface area contributed by atoms with Crippen LogP contribution < -0.4 is 0 Å². The Morgan fingerprint density at radius 3 is 2.56 bits per heavy atom. The van der Waals surface area contributed by atoms with Crippen molar-refractivity contribution in [1.29, 1.82) is 0 Å². The molecule has 1 unspecified atom stereocenters. The van der Waals surface area contributed by atoms with Gasteiger partial charge in [-0.3, -0.25) is 14.9 Å². The summed E-state index contributed by atoms with van der Waals surface area (Å²) in [6, 6.07) is 11.6. The van der Waals surface area contributed by atoms with E-state index >= 15 is 0 Å². The average Bonchev–Trinajstić information content (AvgIpc) is 3.14. The molecule has 0 saturated carbocycles. The van der Waals surface area contributed by atoms with E-state index in [2.05, 4.69) is 15.2 Å². The van der Waals surface area contributed by atoms with Crippen molar-refractivity contribution in [3.8, 4) is 22.4 Å². The number of hydrogen-bond acceptors (Lipinski definition) is 3. The van der Waals surface area contributed by atoms with Gasteiger partial charge < -0.3 is 4.90 Å². The molecule has 1 aromatic carbocycles. The van der Waals surface area contributed by atoms with Gasteiger partial charge in [0.25, 0.3) is 0 Å². The molecule has 1 atom stereocenters. The molecule has 0 aliphatic carbocycles. The van der Waals surface area contributed by atoms with Gasteiger partial charge in [0, 0.05) is 59.7 Å². The predicted octanol–water partition coefficient (Wildman–Crippen LogP) is 4.52. The Labute approximate surface area is 163 Å². The molecule has 1 N–H and O–H groups in total. The van der Waals surface area contributed by atoms with E-state index in [9.17, 15) is 4.79 Å². The molecule has 27 heavy (non-hydrogen) atoms. The fourth-order valence-electron chi connectivity index (χ4n) is 3.74. The number of aromatic amines is 1. The van der Waals surface area contributed by atoms with Crippen molar-refractivity contribution in [3.63, 3.8) is 0 Å². The third-order valence-electron chi connectivity index (χ3n) is 5.19. The summed E-state index contributed by atoms with van der Waals surface area (Å²) < 4.78 is 0. The fourth-order valence-corrected chi connectivity index (χ4v) is 3.86. The Kier molecular flexibility index (Phi) is 4.94. The number of hydrogen-bond donors (Lipinski definition) is 1. The molecule has 1 aliphatic heterocycles. The lowest BCUT2D eigenvalue weighted by Gasteiger charge is -2.30. The van der Waals surface area contributed by atoms with Crippen LogP contribution in [0.25, 0.3) is 22.4 Å². The number of rotatable bonds is 4. The van der Waals surface area contributed by atoms with E-state index in [1.807, 2.05) is 48.2 Å². The minimum absolute atomic E-state index is 0.136. The topological polar surface area (TPSA) is 61.9 Å². The van der Waals surface area contributed by atoms with Gasteiger partial charge in [-0.05, 0) is 43.2 Å². The Hall–Kier alpha value is -2.66. The van der Waals surface area contributed by atoms with Crippen molar-refractivity contribution in [3.05, 3.63) is 59.5 Å². The first-order valence-electron chi connectivity index (χ1n) is 9.19. The van der Waals surface area contributed by atoms with Crippen molar-refractivity contribution in [1.82, 2.24) is 20.1 Å². The second kappa shape index (κ2) is 7.53. The van der Waals surface area contributed by atoms with Crippen LogP contribution in [0.1, 0.15) is 31.4 Å². The summed E-state index contributed by atoms with van der Waals surface area (Å²) in [4.78, 5) is 18.5. The number of piperidine rings is 1. The van der Waals surface area contributed by atoms with Crippen molar-refractivity contribution < 1.29 is 4.79 Å². The van der Waals surface area contributed by atoms with Gasteiger partial charge in [-0.1, -0.05) is 23.7 Å². The summed E-state index contributed by atoms with van der Waals surface area (Å²) >= 11 is 6.05. The van der Waals surface area contributed by atoms with Crippen LogP contribution in [-0.4, -0.2) is 39.1 Å². The zero-order valence-electron chi connectivity index (χ0n) is 15.2. The highest BCUT2D eigenvalue weighted by atomic mass is 35.5. The summed E-state index contributed by atoms with van der Waals surface area (Å²) in [5, 5.41) is 8.55. The number of carbonyl (C=O) groups excluding carboxylic acids is 1. The van der Waals surface area contributed by atoms with Gasteiger partial charge in [0.2, 0.25) is 5.91 Å². The van der Waals surface area contributed by atoms with Crippen LogP contribution in [0.4, 0.5) is 0 Å². The lowest BCUT2D eigenvalue weighted by Crippen LogP contribution is -2.38. The summed E-state index contributed by atoms with van der Waals surface area (Å²) in [5.74, 6) is 0.342. The van der Waals surface area contributed by atoms with Gasteiger partial charge in [-0.2, -0.15) is 5.10 Å². The number of pyridine rings is 1. The van der Waals surface area contributed by atoms with Crippen molar-refractivity contribution in [2.75, 3.05) is 13.1 Å². The molecular formula is C21H21ClN4O. The molecule has 1 aliphatic rings. The number of likely N-dealkylation sites (tertiary alicyclic amines) is 1. The Bertz CT molecular complexity index is 937. The van der Waals surface area contributed by atoms with Crippen LogP contribution in [0, 0.1) is 0 Å². The molecular weight excluding hydrogens is 360 g/mol. The highest BCUT2D eigenvalue weighted by Crippen LogP contribution is 2.40. The average molecular weight is 381 g/mol. The molecule has 3 aromatic rings. The molecule has 4 rings (SSSR count). The SMILES string of the molecule is CCN1CCC(c2[nH]nc(-c3ccc(Cl)cc3)c2-c2ccncc2)CC1=O. The first-order chi connectivity index (χ1) is 13.2. The van der Waals surface area contributed by atoms with Gasteiger partial charge >= 0.3 is 0 Å². The lowest BCUT2D eigenvalue weighted by atomic mass is 9.87. The van der Waals surface area contributed by atoms with Gasteiger partial charge in [0.05, 0.1) is 0 Å². The summed E-state index contributed by atoms with van der Waals surface area (Å²) in [5.41, 5.74) is 4.98. The third kappa shape index (κ3) is 3.47. The van der Waals surface area contributed by atoms with Gasteiger partial charge in [-0.25, -0.2) is 0 Å². The van der Waals surface area contributed by atoms with Gasteiger partial charge in [0.1, 0.15) is 5.69 Å². The van der Waals surface area contributed by atoms with E-state index in [0.717, 1.165) is 47.6 Å². The van der Waals surface area contributed by atoms with E-state index < -0.39 is 0 Å². The first-order valence-corrected chi connectivity index (χ1v) is 9.57. The minimum atomic E-state index is 0.136. The standard InChI is InChI=1S/C21H21ClN4O/c1-2-26-12-9-16(13-18(26)27)21-19(14-7-10-23-11-8-14)20(24-25-21)15-3-5-17(22)6-4-15/h3-8,10-11,16H,2,9,12-13H2,1H3,(H,24,25). The Morgan fingerprint density at radius 2 is 1.89 bits per heavy atom. The fraction of sp³-hybridized carbons (Fsp3) is 0.286. The molecule has 5 nitrogen and oxygen atoms in total. The van der Waals surface area contributed by atoms with Crippen LogP contribution in [0.15, 0.2) is 48.8 Å². The normalized spacial score (nSPS) is 17.3. The Morgan fingerprint density at radius 1 is 1.15 bits per heavy atom. The van der Waals surface area contributed by atoms with Crippen LogP contribution in [0.3, 0.4) is 0 Å². The number of nitrogens with one attached hydrogen (secondary N) is 1. The largest absolute Gasteiger partial charge is 0.343 e. The number of amides is 1. The second-order valence-corrected chi connectivity index (χ2v) is 7.20. The maximum absolute atomic E-state index is 12.4. The highest BCUT2D eigenvalue weighted by Gasteiger charge is 2.30. The molecule has 3 heterocycles. The molecule has 0 bridgehead atoms. The quantitative estimate of drug-likeness (QED) is 0.723. The van der Waals surface area contributed by atoms with Gasteiger partial charge in [0.15, 0.2) is 0 Å². The molecule has 1 saturated heterocycles. The van der Waals surface area contributed by atoms with E-state index in [-0.39, 0.29) is 11.8 Å². The van der Waals surface area contributed by atoms with Crippen LogP contribution >= 0.6 is 11.6 Å². The number of aromatic nitrogens is 3. The zero-order valence-corrected chi connectivity index (χ0v) is 15.9. The zero-order chi connectivity index (χ0) is 18.8. The van der Waals surface area contributed by atoms with Crippen molar-refractivity contribution in [2.24, 2.45) is 0 Å². The van der Waals surface area contributed by atoms with E-state index in [1.165, 1.54) is 0 Å². The third-order valence-corrected chi connectivity index (χ3v) is 5.44. The van der Waals surface area contributed by atoms with Crippen molar-refractivity contribution >= 4 is 17.5 Å². The molecule has 2 aromatic heterocycles. The lowest BCUT2D eigenvalue weighted by molar-refractivity contribution is -0.133. The summed E-state index contributed by atoms with van der Waals surface area (Å²) in [6.07, 6.45) is 5.00. The Balaban J connectivity index is 1.79. The maximum Gasteiger partial charge on any atom is 0.223 e. The molecule has 1 amide bonds. The predicted molar refractivity (Wildman–Crippen MR) is 106 cm³/mol. The number of benzene rings is 1. The highest BCUT2D eigenvalue weighted by molar-refractivity contribution is 6.30. The number of H-pyrrole nitrogens is 1. The molecule has 138 valence electrons. The van der Waals surface area contributed by atoms with E-state index in [1.54, 1.807) is 12.4 Å². The van der Waals surface area contributed by atoms with Crippen LogP contribution in [0.5, 0.6) is 0 Å². The summed E-state index contributed by atoms with van der Waals surface area (Å²) in [7, 11) is 0. The van der Waals surface area contributed by atoms with E-state index in [0.29, 0.717) is 11.4 Å². The first kappa shape index (κ1) is 17.7. The van der Waals surface area contributed by atoms with Crippen LogP contribution in [0.2, 0.25) is 5.02 Å². The minimum Gasteiger partial charge on any atom is -0.343 e. The smallest absolute Gasteiger partial charge is 0.223 e.